The van der Waals surface area contributed by atoms with Gasteiger partial charge in [-0.3, -0.25) is 4.79 Å². The summed E-state index contributed by atoms with van der Waals surface area (Å²) < 4.78 is 0. The minimum Gasteiger partial charge on any atom is -0.393 e. The first-order valence-electron chi connectivity index (χ1n) is 5.98. The third-order valence-corrected chi connectivity index (χ3v) is 3.91. The molecule has 17 heavy (non-hydrogen) atoms. The number of carbonyl (C=O) groups excluding carboxylic acids is 1. The molecule has 3 rings (SSSR count). The number of amides is 1. The lowest BCUT2D eigenvalue weighted by atomic mass is 10.00. The Morgan fingerprint density at radius 1 is 1.29 bits per heavy atom. The smallest absolute Gasteiger partial charge is 0.257 e. The number of likely N-dealkylation sites (tertiary alicyclic amines) is 1. The van der Waals surface area contributed by atoms with Crippen LogP contribution in [0.3, 0.4) is 0 Å². The molecule has 1 saturated carbocycles. The van der Waals surface area contributed by atoms with Crippen molar-refractivity contribution < 1.29 is 9.90 Å². The molecule has 1 saturated heterocycles. The highest BCUT2D eigenvalue weighted by atomic mass is 16.3. The van der Waals surface area contributed by atoms with Crippen LogP contribution < -0.4 is 0 Å². The summed E-state index contributed by atoms with van der Waals surface area (Å²) in [6, 6.07) is 0. The van der Waals surface area contributed by atoms with Crippen LogP contribution in [0.25, 0.3) is 0 Å². The molecule has 0 aromatic carbocycles. The number of aliphatic hydroxyl groups is 1. The van der Waals surface area contributed by atoms with Crippen LogP contribution in [0.4, 0.5) is 0 Å². The Labute approximate surface area is 99.5 Å². The SMILES string of the molecule is O=C(c1cncnc1)N1CC2CCC(O)C2C1. The fourth-order valence-corrected chi connectivity index (χ4v) is 2.99. The standard InChI is InChI=1S/C12H15N3O2/c16-11-2-1-8-5-15(6-10(8)11)12(17)9-3-13-7-14-4-9/h3-4,7-8,10-11,16H,1-2,5-6H2. The molecular weight excluding hydrogens is 218 g/mol. The Hall–Kier alpha value is -1.49. The number of rotatable bonds is 1. The largest absolute Gasteiger partial charge is 0.393 e. The average Bonchev–Trinajstić information content (AvgIpc) is 2.92. The van der Waals surface area contributed by atoms with Crippen LogP contribution in [-0.4, -0.2) is 45.1 Å². The lowest BCUT2D eigenvalue weighted by Crippen LogP contribution is -2.31. The van der Waals surface area contributed by atoms with Gasteiger partial charge in [0, 0.05) is 31.4 Å². The maximum atomic E-state index is 12.1. The average molecular weight is 233 g/mol. The van der Waals surface area contributed by atoms with Gasteiger partial charge in [0.1, 0.15) is 6.33 Å². The minimum atomic E-state index is -0.232. The summed E-state index contributed by atoms with van der Waals surface area (Å²) >= 11 is 0. The molecule has 1 aliphatic heterocycles. The van der Waals surface area contributed by atoms with Crippen molar-refractivity contribution in [1.82, 2.24) is 14.9 Å². The first-order chi connectivity index (χ1) is 8.25. The number of fused-ring (bicyclic) bond motifs is 1. The van der Waals surface area contributed by atoms with E-state index in [0.29, 0.717) is 18.0 Å². The van der Waals surface area contributed by atoms with Crippen LogP contribution in [0.2, 0.25) is 0 Å². The molecule has 0 spiro atoms. The Kier molecular flexibility index (Phi) is 2.55. The van der Waals surface area contributed by atoms with Crippen LogP contribution >= 0.6 is 0 Å². The van der Waals surface area contributed by atoms with Gasteiger partial charge in [-0.1, -0.05) is 0 Å². The normalized spacial score (nSPS) is 31.6. The summed E-state index contributed by atoms with van der Waals surface area (Å²) in [6.07, 6.45) is 6.18. The van der Waals surface area contributed by atoms with E-state index in [-0.39, 0.29) is 17.9 Å². The lowest BCUT2D eigenvalue weighted by molar-refractivity contribution is 0.0751. The van der Waals surface area contributed by atoms with E-state index in [9.17, 15) is 9.90 Å². The minimum absolute atomic E-state index is 0.0211. The maximum Gasteiger partial charge on any atom is 0.257 e. The van der Waals surface area contributed by atoms with Crippen molar-refractivity contribution in [1.29, 1.82) is 0 Å². The fourth-order valence-electron chi connectivity index (χ4n) is 2.99. The van der Waals surface area contributed by atoms with E-state index in [1.54, 1.807) is 12.4 Å². The molecule has 1 aliphatic carbocycles. The molecule has 2 heterocycles. The Bertz CT molecular complexity index is 423. The van der Waals surface area contributed by atoms with Gasteiger partial charge >= 0.3 is 0 Å². The van der Waals surface area contributed by atoms with Crippen molar-refractivity contribution in [3.05, 3.63) is 24.3 Å². The molecular formula is C12H15N3O2. The highest BCUT2D eigenvalue weighted by Gasteiger charge is 2.43. The Balaban J connectivity index is 1.73. The molecule has 3 unspecified atom stereocenters. The zero-order valence-corrected chi connectivity index (χ0v) is 9.49. The molecule has 1 aromatic rings. The molecule has 2 aliphatic rings. The van der Waals surface area contributed by atoms with E-state index in [2.05, 4.69) is 9.97 Å². The van der Waals surface area contributed by atoms with Gasteiger partial charge in [-0.15, -0.1) is 0 Å². The molecule has 1 aromatic heterocycles. The highest BCUT2D eigenvalue weighted by Crippen LogP contribution is 2.38. The molecule has 5 nitrogen and oxygen atoms in total. The van der Waals surface area contributed by atoms with Gasteiger partial charge in [-0.2, -0.15) is 0 Å². The molecule has 1 N–H and O–H groups in total. The highest BCUT2D eigenvalue weighted by molar-refractivity contribution is 5.93. The zero-order valence-electron chi connectivity index (χ0n) is 9.49. The van der Waals surface area contributed by atoms with Crippen molar-refractivity contribution in [3.8, 4) is 0 Å². The van der Waals surface area contributed by atoms with Gasteiger partial charge in [0.2, 0.25) is 0 Å². The number of aliphatic hydroxyl groups excluding tert-OH is 1. The number of hydrogen-bond acceptors (Lipinski definition) is 4. The van der Waals surface area contributed by atoms with Crippen molar-refractivity contribution in [2.24, 2.45) is 11.8 Å². The third-order valence-electron chi connectivity index (χ3n) is 3.91. The van der Waals surface area contributed by atoms with Crippen LogP contribution in [-0.2, 0) is 0 Å². The van der Waals surface area contributed by atoms with Gasteiger partial charge in [0.15, 0.2) is 0 Å². The second-order valence-electron chi connectivity index (χ2n) is 4.91. The Morgan fingerprint density at radius 2 is 2.06 bits per heavy atom. The van der Waals surface area contributed by atoms with Crippen LogP contribution in [0.1, 0.15) is 23.2 Å². The van der Waals surface area contributed by atoms with Gasteiger partial charge in [-0.25, -0.2) is 9.97 Å². The van der Waals surface area contributed by atoms with Gasteiger partial charge < -0.3 is 10.0 Å². The summed E-state index contributed by atoms with van der Waals surface area (Å²) in [5.74, 6) is 0.717. The second kappa shape index (κ2) is 4.07. The van der Waals surface area contributed by atoms with E-state index in [1.807, 2.05) is 4.90 Å². The van der Waals surface area contributed by atoms with Crippen LogP contribution in [0.5, 0.6) is 0 Å². The van der Waals surface area contributed by atoms with E-state index >= 15 is 0 Å². The third kappa shape index (κ3) is 1.80. The predicted molar refractivity (Wildman–Crippen MR) is 60.2 cm³/mol. The van der Waals surface area contributed by atoms with Gasteiger partial charge in [0.05, 0.1) is 11.7 Å². The van der Waals surface area contributed by atoms with Crippen molar-refractivity contribution in [2.75, 3.05) is 13.1 Å². The van der Waals surface area contributed by atoms with Gasteiger partial charge in [-0.05, 0) is 18.8 Å². The lowest BCUT2D eigenvalue weighted by Gasteiger charge is -2.17. The first kappa shape index (κ1) is 10.7. The summed E-state index contributed by atoms with van der Waals surface area (Å²) in [7, 11) is 0. The fraction of sp³-hybridized carbons (Fsp3) is 0.583. The quantitative estimate of drug-likeness (QED) is 0.758. The van der Waals surface area contributed by atoms with E-state index < -0.39 is 0 Å². The maximum absolute atomic E-state index is 12.1. The monoisotopic (exact) mass is 233 g/mol. The zero-order chi connectivity index (χ0) is 11.8. The summed E-state index contributed by atoms with van der Waals surface area (Å²) in [5, 5.41) is 9.81. The van der Waals surface area contributed by atoms with Crippen molar-refractivity contribution in [2.45, 2.75) is 18.9 Å². The van der Waals surface area contributed by atoms with Crippen molar-refractivity contribution >= 4 is 5.91 Å². The number of carbonyl (C=O) groups is 1. The first-order valence-corrected chi connectivity index (χ1v) is 5.98. The Morgan fingerprint density at radius 3 is 2.76 bits per heavy atom. The molecule has 0 bridgehead atoms. The molecule has 90 valence electrons. The number of aromatic nitrogens is 2. The molecule has 0 radical (unpaired) electrons. The van der Waals surface area contributed by atoms with E-state index in [1.165, 1.54) is 6.33 Å². The summed E-state index contributed by atoms with van der Waals surface area (Å²) in [5.41, 5.74) is 0.530. The molecule has 1 amide bonds. The summed E-state index contributed by atoms with van der Waals surface area (Å²) in [6.45, 7) is 1.43. The molecule has 5 heteroatoms. The van der Waals surface area contributed by atoms with Crippen LogP contribution in [0.15, 0.2) is 18.7 Å². The van der Waals surface area contributed by atoms with E-state index in [0.717, 1.165) is 19.4 Å². The second-order valence-corrected chi connectivity index (χ2v) is 4.91. The topological polar surface area (TPSA) is 66.3 Å². The van der Waals surface area contributed by atoms with E-state index in [4.69, 9.17) is 0 Å². The number of nitrogens with zero attached hydrogens (tertiary/aromatic N) is 3. The van der Waals surface area contributed by atoms with Crippen LogP contribution in [0, 0.1) is 11.8 Å². The van der Waals surface area contributed by atoms with Gasteiger partial charge in [0.25, 0.3) is 5.91 Å². The number of hydrogen-bond donors (Lipinski definition) is 1. The van der Waals surface area contributed by atoms with Crippen molar-refractivity contribution in [3.63, 3.8) is 0 Å². The molecule has 3 atom stereocenters. The molecule has 2 fully saturated rings. The summed E-state index contributed by atoms with van der Waals surface area (Å²) in [4.78, 5) is 21.7. The predicted octanol–water partition coefficient (Wildman–Crippen LogP) is 0.319.